The standard InChI is InChI=1S/C21H28N4/c1-14(2)22-20-23-18(15-9-10-15)11-19(24-20)25-12-16-7-5-6-8-17(16)21(3,4)13-25/h5-8,11,14-15H,9-10,12-13H2,1-4H3,(H,22,23,24). The maximum absolute atomic E-state index is 4.85. The van der Waals surface area contributed by atoms with Crippen LogP contribution < -0.4 is 10.2 Å². The van der Waals surface area contributed by atoms with E-state index < -0.39 is 0 Å². The molecule has 4 heteroatoms. The Bertz CT molecular complexity index is 777. The van der Waals surface area contributed by atoms with Crippen molar-refractivity contribution in [1.82, 2.24) is 9.97 Å². The third-order valence-corrected chi connectivity index (χ3v) is 5.16. The lowest BCUT2D eigenvalue weighted by Crippen LogP contribution is -2.42. The highest BCUT2D eigenvalue weighted by molar-refractivity contribution is 5.51. The second-order valence-electron chi connectivity index (χ2n) is 8.45. The minimum Gasteiger partial charge on any atom is -0.352 e. The number of nitrogens with one attached hydrogen (secondary N) is 1. The molecule has 0 unspecified atom stereocenters. The molecule has 1 aromatic heterocycles. The highest BCUT2D eigenvalue weighted by Gasteiger charge is 2.33. The summed E-state index contributed by atoms with van der Waals surface area (Å²) in [6.45, 7) is 10.8. The molecule has 0 radical (unpaired) electrons. The summed E-state index contributed by atoms with van der Waals surface area (Å²) in [5.74, 6) is 2.45. The van der Waals surface area contributed by atoms with Crippen LogP contribution in [-0.2, 0) is 12.0 Å². The number of rotatable bonds is 4. The molecule has 0 spiro atoms. The Labute approximate surface area is 150 Å². The summed E-state index contributed by atoms with van der Waals surface area (Å²) < 4.78 is 0. The Morgan fingerprint density at radius 1 is 1.16 bits per heavy atom. The number of anilines is 2. The van der Waals surface area contributed by atoms with Crippen molar-refractivity contribution in [3.8, 4) is 0 Å². The van der Waals surface area contributed by atoms with E-state index in [9.17, 15) is 0 Å². The van der Waals surface area contributed by atoms with Crippen molar-refractivity contribution >= 4 is 11.8 Å². The summed E-state index contributed by atoms with van der Waals surface area (Å²) in [5, 5.41) is 3.40. The van der Waals surface area contributed by atoms with Crippen molar-refractivity contribution < 1.29 is 0 Å². The first-order valence-electron chi connectivity index (χ1n) is 9.41. The molecule has 4 rings (SSSR count). The smallest absolute Gasteiger partial charge is 0.225 e. The highest BCUT2D eigenvalue weighted by atomic mass is 15.2. The maximum atomic E-state index is 4.85. The number of hydrogen-bond donors (Lipinski definition) is 1. The molecular formula is C21H28N4. The third-order valence-electron chi connectivity index (χ3n) is 5.16. The SMILES string of the molecule is CC(C)Nc1nc(C2CC2)cc(N2Cc3ccccc3C(C)(C)C2)n1. The molecule has 1 saturated carbocycles. The zero-order valence-corrected chi connectivity index (χ0v) is 15.7. The van der Waals surface area contributed by atoms with Crippen molar-refractivity contribution in [2.45, 2.75) is 64.5 Å². The Morgan fingerprint density at radius 3 is 2.64 bits per heavy atom. The van der Waals surface area contributed by atoms with Gasteiger partial charge < -0.3 is 10.2 Å². The van der Waals surface area contributed by atoms with Crippen LogP contribution >= 0.6 is 0 Å². The average molecular weight is 336 g/mol. The summed E-state index contributed by atoms with van der Waals surface area (Å²) >= 11 is 0. The molecule has 0 amide bonds. The van der Waals surface area contributed by atoms with Gasteiger partial charge in [0, 0.05) is 36.5 Å². The summed E-state index contributed by atoms with van der Waals surface area (Å²) in [6, 6.07) is 11.4. The van der Waals surface area contributed by atoms with Crippen molar-refractivity contribution in [1.29, 1.82) is 0 Å². The molecule has 1 fully saturated rings. The van der Waals surface area contributed by atoms with Crippen LogP contribution in [0.4, 0.5) is 11.8 Å². The molecule has 1 N–H and O–H groups in total. The van der Waals surface area contributed by atoms with Crippen LogP contribution in [0.2, 0.25) is 0 Å². The minimum atomic E-state index is 0.116. The quantitative estimate of drug-likeness (QED) is 0.894. The molecule has 0 atom stereocenters. The first-order chi connectivity index (χ1) is 11.9. The van der Waals surface area contributed by atoms with Gasteiger partial charge in [-0.25, -0.2) is 4.98 Å². The highest BCUT2D eigenvalue weighted by Crippen LogP contribution is 2.41. The van der Waals surface area contributed by atoms with Crippen molar-refractivity contribution in [2.75, 3.05) is 16.8 Å². The molecular weight excluding hydrogens is 308 g/mol. The van der Waals surface area contributed by atoms with Crippen LogP contribution in [0.1, 0.15) is 63.3 Å². The largest absolute Gasteiger partial charge is 0.352 e. The van der Waals surface area contributed by atoms with Gasteiger partial charge in [0.25, 0.3) is 0 Å². The van der Waals surface area contributed by atoms with Crippen LogP contribution in [0.15, 0.2) is 30.3 Å². The second-order valence-corrected chi connectivity index (χ2v) is 8.45. The lowest BCUT2D eigenvalue weighted by atomic mass is 9.78. The number of nitrogens with zero attached hydrogens (tertiary/aromatic N) is 3. The normalized spacial score (nSPS) is 19.0. The Kier molecular flexibility index (Phi) is 3.94. The molecule has 2 heterocycles. The number of hydrogen-bond acceptors (Lipinski definition) is 4. The van der Waals surface area contributed by atoms with Crippen LogP contribution in [0.25, 0.3) is 0 Å². The summed E-state index contributed by atoms with van der Waals surface area (Å²) in [5.41, 5.74) is 4.18. The molecule has 2 aromatic rings. The van der Waals surface area contributed by atoms with Crippen LogP contribution in [0, 0.1) is 0 Å². The fraction of sp³-hybridized carbons (Fsp3) is 0.524. The average Bonchev–Trinajstić information content (AvgIpc) is 3.38. The third kappa shape index (κ3) is 3.35. The molecule has 25 heavy (non-hydrogen) atoms. The van der Waals surface area contributed by atoms with Gasteiger partial charge in [-0.15, -0.1) is 0 Å². The van der Waals surface area contributed by atoms with E-state index in [0.717, 1.165) is 24.9 Å². The number of aromatic nitrogens is 2. The van der Waals surface area contributed by atoms with E-state index >= 15 is 0 Å². The monoisotopic (exact) mass is 336 g/mol. The van der Waals surface area contributed by atoms with Gasteiger partial charge in [0.2, 0.25) is 5.95 Å². The zero-order valence-electron chi connectivity index (χ0n) is 15.7. The van der Waals surface area contributed by atoms with Gasteiger partial charge in [-0.2, -0.15) is 4.98 Å². The van der Waals surface area contributed by atoms with E-state index in [1.54, 1.807) is 0 Å². The van der Waals surface area contributed by atoms with Crippen LogP contribution in [0.5, 0.6) is 0 Å². The summed E-state index contributed by atoms with van der Waals surface area (Å²) in [4.78, 5) is 12.0. The Morgan fingerprint density at radius 2 is 1.92 bits per heavy atom. The summed E-state index contributed by atoms with van der Waals surface area (Å²) in [6.07, 6.45) is 2.51. The van der Waals surface area contributed by atoms with Gasteiger partial charge in [-0.1, -0.05) is 38.1 Å². The van der Waals surface area contributed by atoms with Gasteiger partial charge in [0.15, 0.2) is 0 Å². The maximum Gasteiger partial charge on any atom is 0.225 e. The van der Waals surface area contributed by atoms with E-state index in [4.69, 9.17) is 9.97 Å². The molecule has 0 saturated heterocycles. The molecule has 1 aliphatic carbocycles. The molecule has 2 aliphatic rings. The van der Waals surface area contributed by atoms with Gasteiger partial charge in [-0.05, 0) is 37.8 Å². The lowest BCUT2D eigenvalue weighted by molar-refractivity contribution is 0.474. The fourth-order valence-electron chi connectivity index (χ4n) is 3.83. The predicted molar refractivity (Wildman–Crippen MR) is 103 cm³/mol. The molecule has 1 aromatic carbocycles. The number of fused-ring (bicyclic) bond motifs is 1. The predicted octanol–water partition coefficient (Wildman–Crippen LogP) is 4.47. The minimum absolute atomic E-state index is 0.116. The second kappa shape index (κ2) is 6.01. The van der Waals surface area contributed by atoms with Crippen molar-refractivity contribution in [3.63, 3.8) is 0 Å². The first-order valence-corrected chi connectivity index (χ1v) is 9.41. The van der Waals surface area contributed by atoms with Gasteiger partial charge in [0.05, 0.1) is 5.69 Å². The Balaban J connectivity index is 1.71. The molecule has 0 bridgehead atoms. The van der Waals surface area contributed by atoms with E-state index in [1.165, 1.54) is 29.7 Å². The topological polar surface area (TPSA) is 41.1 Å². The first kappa shape index (κ1) is 16.4. The molecule has 1 aliphatic heterocycles. The van der Waals surface area contributed by atoms with E-state index in [-0.39, 0.29) is 5.41 Å². The summed E-state index contributed by atoms with van der Waals surface area (Å²) in [7, 11) is 0. The number of benzene rings is 1. The van der Waals surface area contributed by atoms with Gasteiger partial charge in [-0.3, -0.25) is 0 Å². The van der Waals surface area contributed by atoms with Crippen LogP contribution in [-0.4, -0.2) is 22.6 Å². The molecule has 4 nitrogen and oxygen atoms in total. The zero-order chi connectivity index (χ0) is 17.6. The van der Waals surface area contributed by atoms with Gasteiger partial charge in [0.1, 0.15) is 5.82 Å². The van der Waals surface area contributed by atoms with E-state index in [2.05, 4.69) is 68.2 Å². The van der Waals surface area contributed by atoms with Crippen molar-refractivity contribution in [3.05, 3.63) is 47.2 Å². The van der Waals surface area contributed by atoms with E-state index in [1.807, 2.05) is 0 Å². The Hall–Kier alpha value is -2.10. The lowest BCUT2D eigenvalue weighted by Gasteiger charge is -2.40. The van der Waals surface area contributed by atoms with Gasteiger partial charge >= 0.3 is 0 Å². The fourth-order valence-corrected chi connectivity index (χ4v) is 3.83. The van der Waals surface area contributed by atoms with Crippen LogP contribution in [0.3, 0.4) is 0 Å². The molecule has 132 valence electrons. The van der Waals surface area contributed by atoms with Crippen molar-refractivity contribution in [2.24, 2.45) is 0 Å². The van der Waals surface area contributed by atoms with E-state index in [0.29, 0.717) is 12.0 Å².